The van der Waals surface area contributed by atoms with Crippen molar-refractivity contribution in [1.29, 1.82) is 0 Å². The number of benzene rings is 1. The number of carboxylic acids is 2. The number of carbonyl (C=O) groups excluding carboxylic acids is 1. The molecule has 0 bridgehead atoms. The van der Waals surface area contributed by atoms with Crippen molar-refractivity contribution >= 4 is 50.3 Å². The Morgan fingerprint density at radius 3 is 2.32 bits per heavy atom. The predicted molar refractivity (Wildman–Crippen MR) is 134 cm³/mol. The van der Waals surface area contributed by atoms with Crippen molar-refractivity contribution in [3.8, 4) is 11.5 Å². The Labute approximate surface area is 215 Å². The first kappa shape index (κ1) is 29.0. The molecule has 0 aliphatic carbocycles. The summed E-state index contributed by atoms with van der Waals surface area (Å²) in [6, 6.07) is 9.87. The van der Waals surface area contributed by atoms with Gasteiger partial charge in [-0.2, -0.15) is 0 Å². The lowest BCUT2D eigenvalue weighted by molar-refractivity contribution is -0.159. The first-order chi connectivity index (χ1) is 17.3. The Bertz CT molecular complexity index is 1370. The number of amides is 1. The average molecular weight is 553 g/mol. The minimum absolute atomic E-state index is 0.0688. The van der Waals surface area contributed by atoms with Crippen molar-refractivity contribution in [3.05, 3.63) is 53.1 Å². The van der Waals surface area contributed by atoms with Crippen molar-refractivity contribution in [2.24, 2.45) is 15.9 Å². The van der Waals surface area contributed by atoms with Gasteiger partial charge in [-0.05, 0) is 36.2 Å². The molecule has 2 heterocycles. The van der Waals surface area contributed by atoms with E-state index in [2.05, 4.69) is 20.6 Å². The van der Waals surface area contributed by atoms with Crippen LogP contribution in [-0.4, -0.2) is 54.0 Å². The fourth-order valence-electron chi connectivity index (χ4n) is 2.57. The number of hydrogen-bond donors (Lipinski definition) is 6. The van der Waals surface area contributed by atoms with Gasteiger partial charge in [-0.1, -0.05) is 12.1 Å². The first-order valence-electron chi connectivity index (χ1n) is 10.3. The molecular weight excluding hydrogens is 528 g/mol. The summed E-state index contributed by atoms with van der Waals surface area (Å²) in [5.74, 6) is -2.35. The molecule has 0 atom stereocenters. The normalized spacial score (nSPS) is 11.2. The van der Waals surface area contributed by atoms with Crippen molar-refractivity contribution in [3.63, 3.8) is 0 Å². The van der Waals surface area contributed by atoms with E-state index in [1.165, 1.54) is 30.4 Å². The van der Waals surface area contributed by atoms with E-state index < -0.39 is 22.0 Å². The number of sulfonamides is 1. The minimum atomic E-state index is -3.70. The maximum atomic E-state index is 11.3. The molecule has 0 spiro atoms. The number of carboxylic acid groups (broad SMARTS) is 2. The van der Waals surface area contributed by atoms with Crippen LogP contribution in [-0.2, 0) is 37.4 Å². The first-order valence-corrected chi connectivity index (χ1v) is 12.7. The molecule has 1 aromatic carbocycles. The standard InChI is InChI=1S/C19H22N6O4S2.C2H2O4/c1-12(26)23-10-14-4-7-17(29-14)16-11-30-19(24-16)25-18(20)22-9-8-13-2-5-15(6-3-13)31(21,27)28;3-1(4)2(5)6/h2-7,11H,8-10H2,1H3,(H,23,26)(H2,21,27,28)(H3,20,22,24,25);(H,3,4)(H,5,6). The Hall–Kier alpha value is -4.28. The van der Waals surface area contributed by atoms with Gasteiger partial charge in [0, 0.05) is 18.8 Å². The Morgan fingerprint density at radius 1 is 1.11 bits per heavy atom. The number of thiazole rings is 1. The van der Waals surface area contributed by atoms with Gasteiger partial charge in [-0.15, -0.1) is 11.3 Å². The molecule has 37 heavy (non-hydrogen) atoms. The molecule has 3 aromatic rings. The number of furan rings is 1. The Balaban J connectivity index is 0.000000717. The van der Waals surface area contributed by atoms with E-state index in [0.29, 0.717) is 41.9 Å². The van der Waals surface area contributed by atoms with Crippen LogP contribution in [0.2, 0.25) is 0 Å². The van der Waals surface area contributed by atoms with Crippen LogP contribution in [0.4, 0.5) is 5.13 Å². The average Bonchev–Trinajstić information content (AvgIpc) is 3.47. The van der Waals surface area contributed by atoms with Gasteiger partial charge in [0.05, 0.1) is 11.4 Å². The fraction of sp³-hybridized carbons (Fsp3) is 0.190. The monoisotopic (exact) mass is 552 g/mol. The molecule has 0 aliphatic rings. The van der Waals surface area contributed by atoms with E-state index in [1.54, 1.807) is 24.3 Å². The summed E-state index contributed by atoms with van der Waals surface area (Å²) in [6.45, 7) is 2.17. The second-order valence-corrected chi connectivity index (χ2v) is 9.57. The van der Waals surface area contributed by atoms with Crippen LogP contribution in [0.1, 0.15) is 18.2 Å². The van der Waals surface area contributed by atoms with E-state index in [1.807, 2.05) is 5.38 Å². The number of hydrogen-bond acceptors (Lipinski definition) is 9. The fourth-order valence-corrected chi connectivity index (χ4v) is 3.79. The van der Waals surface area contributed by atoms with Crippen molar-refractivity contribution in [1.82, 2.24) is 10.3 Å². The SMILES string of the molecule is CC(=O)NCc1ccc(-c2csc(NC(N)=NCCc3ccc(S(N)(=O)=O)cc3)n2)o1.O=C(O)C(=O)O. The predicted octanol–water partition coefficient (Wildman–Crippen LogP) is 0.812. The van der Waals surface area contributed by atoms with E-state index in [4.69, 9.17) is 35.1 Å². The number of carbonyl (C=O) groups is 3. The lowest BCUT2D eigenvalue weighted by Crippen LogP contribution is -2.23. The molecular formula is C21H24N6O8S2. The number of nitrogens with zero attached hydrogens (tertiary/aromatic N) is 2. The zero-order valence-corrected chi connectivity index (χ0v) is 21.0. The molecule has 0 unspecified atom stereocenters. The van der Waals surface area contributed by atoms with Crippen LogP contribution >= 0.6 is 11.3 Å². The Morgan fingerprint density at radius 2 is 1.76 bits per heavy atom. The second kappa shape index (κ2) is 13.1. The highest BCUT2D eigenvalue weighted by molar-refractivity contribution is 7.89. The zero-order chi connectivity index (χ0) is 27.6. The second-order valence-electron chi connectivity index (χ2n) is 7.15. The highest BCUT2D eigenvalue weighted by Gasteiger charge is 2.10. The smallest absolute Gasteiger partial charge is 0.414 e. The summed E-state index contributed by atoms with van der Waals surface area (Å²) in [7, 11) is -3.70. The lowest BCUT2D eigenvalue weighted by Gasteiger charge is -2.03. The van der Waals surface area contributed by atoms with Gasteiger partial charge in [0.15, 0.2) is 16.9 Å². The number of guanidine groups is 1. The van der Waals surface area contributed by atoms with Crippen LogP contribution in [0.3, 0.4) is 0 Å². The molecule has 16 heteroatoms. The molecule has 2 aromatic heterocycles. The van der Waals surface area contributed by atoms with Crippen LogP contribution in [0.5, 0.6) is 0 Å². The van der Waals surface area contributed by atoms with Crippen LogP contribution in [0.15, 0.2) is 56.1 Å². The summed E-state index contributed by atoms with van der Waals surface area (Å²) in [5.41, 5.74) is 7.47. The van der Waals surface area contributed by atoms with E-state index in [0.717, 1.165) is 5.56 Å². The van der Waals surface area contributed by atoms with Gasteiger partial charge in [0.1, 0.15) is 11.5 Å². The lowest BCUT2D eigenvalue weighted by atomic mass is 10.1. The Kier molecular flexibility index (Phi) is 10.3. The molecule has 0 saturated heterocycles. The van der Waals surface area contributed by atoms with Gasteiger partial charge < -0.3 is 31.0 Å². The third-order valence-corrected chi connectivity index (χ3v) is 5.97. The zero-order valence-electron chi connectivity index (χ0n) is 19.4. The maximum Gasteiger partial charge on any atom is 0.414 e. The molecule has 0 aliphatic heterocycles. The van der Waals surface area contributed by atoms with Crippen molar-refractivity contribution in [2.75, 3.05) is 11.9 Å². The van der Waals surface area contributed by atoms with Crippen LogP contribution in [0, 0.1) is 0 Å². The summed E-state index contributed by atoms with van der Waals surface area (Å²) >= 11 is 1.35. The summed E-state index contributed by atoms with van der Waals surface area (Å²) < 4.78 is 28.2. The summed E-state index contributed by atoms with van der Waals surface area (Å²) in [4.78, 5) is 37.9. The van der Waals surface area contributed by atoms with Gasteiger partial charge in [-0.25, -0.2) is 28.1 Å². The number of aliphatic carboxylic acids is 2. The molecule has 1 amide bonds. The van der Waals surface area contributed by atoms with Gasteiger partial charge in [0.25, 0.3) is 0 Å². The number of anilines is 1. The van der Waals surface area contributed by atoms with Crippen LogP contribution < -0.4 is 21.5 Å². The number of aliphatic imine (C=N–C) groups is 1. The molecule has 14 nitrogen and oxygen atoms in total. The summed E-state index contributed by atoms with van der Waals surface area (Å²) in [5, 5.41) is 27.9. The molecule has 8 N–H and O–H groups in total. The van der Waals surface area contributed by atoms with E-state index in [-0.39, 0.29) is 16.8 Å². The van der Waals surface area contributed by atoms with Gasteiger partial charge >= 0.3 is 11.9 Å². The minimum Gasteiger partial charge on any atom is -0.473 e. The van der Waals surface area contributed by atoms with Crippen LogP contribution in [0.25, 0.3) is 11.5 Å². The van der Waals surface area contributed by atoms with Gasteiger partial charge in [-0.3, -0.25) is 9.79 Å². The highest BCUT2D eigenvalue weighted by atomic mass is 32.2. The topological polar surface area (TPSA) is 240 Å². The van der Waals surface area contributed by atoms with E-state index in [9.17, 15) is 13.2 Å². The molecule has 0 saturated carbocycles. The molecule has 0 fully saturated rings. The van der Waals surface area contributed by atoms with Gasteiger partial charge in [0.2, 0.25) is 15.9 Å². The highest BCUT2D eigenvalue weighted by Crippen LogP contribution is 2.26. The maximum absolute atomic E-state index is 11.3. The third-order valence-electron chi connectivity index (χ3n) is 4.28. The van der Waals surface area contributed by atoms with Crippen molar-refractivity contribution < 1.29 is 37.4 Å². The number of nitrogens with two attached hydrogens (primary N) is 2. The third kappa shape index (κ3) is 10.1. The molecule has 0 radical (unpaired) electrons. The summed E-state index contributed by atoms with van der Waals surface area (Å²) in [6.07, 6.45) is 0.583. The molecule has 198 valence electrons. The number of nitrogens with one attached hydrogen (secondary N) is 2. The largest absolute Gasteiger partial charge is 0.473 e. The molecule has 3 rings (SSSR count). The van der Waals surface area contributed by atoms with E-state index >= 15 is 0 Å². The number of rotatable bonds is 8. The van der Waals surface area contributed by atoms with Crippen molar-refractivity contribution in [2.45, 2.75) is 24.8 Å². The quantitative estimate of drug-likeness (QED) is 0.130. The number of primary sulfonamides is 1. The number of aromatic nitrogens is 1.